The SMILES string of the molecule is COC(=O)c1ccc(-n2c(C)cc([C@H]3[C@@H](c4ccccn4)NC(=S)N3c3cc(C)cc(C)c3)c2C)cc1. The maximum Gasteiger partial charge on any atom is 0.337 e. The Balaban J connectivity index is 1.65. The van der Waals surface area contributed by atoms with Crippen molar-refractivity contribution < 1.29 is 9.53 Å². The van der Waals surface area contributed by atoms with Crippen LogP contribution in [0.5, 0.6) is 0 Å². The molecule has 2 aromatic heterocycles. The van der Waals surface area contributed by atoms with Crippen molar-refractivity contribution in [1.29, 1.82) is 0 Å². The molecule has 0 radical (unpaired) electrons. The number of thiocarbonyl (C=S) groups is 1. The van der Waals surface area contributed by atoms with E-state index < -0.39 is 0 Å². The number of hydrogen-bond acceptors (Lipinski definition) is 4. The van der Waals surface area contributed by atoms with Crippen molar-refractivity contribution in [3.05, 3.63) is 112 Å². The number of aryl methyl sites for hydroxylation is 3. The standard InChI is InChI=1S/C30H30N4O2S/c1-18-14-19(2)16-24(15-18)34-28(27(32-30(34)37)26-8-6-7-13-31-26)25-17-20(3)33(21(25)4)23-11-9-22(10-12-23)29(35)36-5/h6-17,27-28H,1-5H3,(H,32,37)/t27-,28+/m1/s1. The molecule has 37 heavy (non-hydrogen) atoms. The molecule has 4 aromatic rings. The summed E-state index contributed by atoms with van der Waals surface area (Å²) < 4.78 is 7.07. The average Bonchev–Trinajstić information content (AvgIpc) is 3.38. The van der Waals surface area contributed by atoms with Gasteiger partial charge in [0.05, 0.1) is 30.5 Å². The Morgan fingerprint density at radius 3 is 2.27 bits per heavy atom. The predicted octanol–water partition coefficient (Wildman–Crippen LogP) is 6.07. The number of anilines is 1. The molecule has 1 aliphatic heterocycles. The highest BCUT2D eigenvalue weighted by atomic mass is 32.1. The maximum atomic E-state index is 11.9. The van der Waals surface area contributed by atoms with Crippen LogP contribution >= 0.6 is 12.2 Å². The lowest BCUT2D eigenvalue weighted by Crippen LogP contribution is -2.29. The van der Waals surface area contributed by atoms with Gasteiger partial charge in [0.15, 0.2) is 5.11 Å². The second-order valence-electron chi connectivity index (χ2n) is 9.54. The van der Waals surface area contributed by atoms with Crippen LogP contribution in [-0.4, -0.2) is 27.7 Å². The van der Waals surface area contributed by atoms with Gasteiger partial charge < -0.3 is 19.5 Å². The number of pyridine rings is 1. The van der Waals surface area contributed by atoms with Crippen LogP contribution in [0.4, 0.5) is 5.69 Å². The van der Waals surface area contributed by atoms with E-state index in [9.17, 15) is 4.79 Å². The van der Waals surface area contributed by atoms with Gasteiger partial charge in [0.25, 0.3) is 0 Å². The third kappa shape index (κ3) is 4.51. The number of carbonyl (C=O) groups is 1. The molecule has 1 N–H and O–H groups in total. The topological polar surface area (TPSA) is 59.4 Å². The quantitative estimate of drug-likeness (QED) is 0.260. The molecule has 2 atom stereocenters. The van der Waals surface area contributed by atoms with E-state index in [4.69, 9.17) is 17.0 Å². The Kier molecular flexibility index (Phi) is 6.56. The summed E-state index contributed by atoms with van der Waals surface area (Å²) in [5.41, 5.74) is 9.25. The number of benzene rings is 2. The number of rotatable bonds is 5. The second kappa shape index (κ2) is 9.82. The molecule has 3 heterocycles. The molecule has 1 saturated heterocycles. The third-order valence-electron chi connectivity index (χ3n) is 6.92. The van der Waals surface area contributed by atoms with Crippen LogP contribution in [0.2, 0.25) is 0 Å². The van der Waals surface area contributed by atoms with E-state index in [0.717, 1.165) is 34.0 Å². The van der Waals surface area contributed by atoms with E-state index in [1.165, 1.54) is 18.2 Å². The lowest BCUT2D eigenvalue weighted by atomic mass is 9.96. The highest BCUT2D eigenvalue weighted by molar-refractivity contribution is 7.80. The van der Waals surface area contributed by atoms with Crippen molar-refractivity contribution in [1.82, 2.24) is 14.9 Å². The highest BCUT2D eigenvalue weighted by Crippen LogP contribution is 2.44. The fraction of sp³-hybridized carbons (Fsp3) is 0.233. The molecule has 1 fully saturated rings. The Labute approximate surface area is 222 Å². The monoisotopic (exact) mass is 510 g/mol. The van der Waals surface area contributed by atoms with Crippen molar-refractivity contribution in [3.8, 4) is 5.69 Å². The van der Waals surface area contributed by atoms with Gasteiger partial charge in [-0.25, -0.2) is 4.79 Å². The van der Waals surface area contributed by atoms with Gasteiger partial charge in [0.2, 0.25) is 0 Å². The average molecular weight is 511 g/mol. The summed E-state index contributed by atoms with van der Waals surface area (Å²) in [5.74, 6) is -0.346. The number of esters is 1. The number of methoxy groups -OCH3 is 1. The number of nitrogens with zero attached hydrogens (tertiary/aromatic N) is 3. The first kappa shape index (κ1) is 24.7. The summed E-state index contributed by atoms with van der Waals surface area (Å²) in [6.07, 6.45) is 1.82. The zero-order valence-electron chi connectivity index (χ0n) is 21.6. The van der Waals surface area contributed by atoms with Gasteiger partial charge in [-0.2, -0.15) is 0 Å². The molecule has 0 unspecified atom stereocenters. The smallest absolute Gasteiger partial charge is 0.337 e. The molecule has 188 valence electrons. The van der Waals surface area contributed by atoms with E-state index in [2.05, 4.69) is 71.7 Å². The van der Waals surface area contributed by atoms with E-state index in [-0.39, 0.29) is 18.1 Å². The van der Waals surface area contributed by atoms with Crippen LogP contribution in [0, 0.1) is 27.7 Å². The zero-order chi connectivity index (χ0) is 26.3. The number of carbonyl (C=O) groups excluding carboxylic acids is 1. The summed E-state index contributed by atoms with van der Waals surface area (Å²) in [6, 6.07) is 22.0. The van der Waals surface area contributed by atoms with E-state index in [1.54, 1.807) is 12.1 Å². The van der Waals surface area contributed by atoms with Crippen LogP contribution in [-0.2, 0) is 4.74 Å². The maximum absolute atomic E-state index is 11.9. The molecule has 6 nitrogen and oxygen atoms in total. The molecule has 0 amide bonds. The molecular weight excluding hydrogens is 480 g/mol. The number of aromatic nitrogens is 2. The number of ether oxygens (including phenoxy) is 1. The Morgan fingerprint density at radius 1 is 0.946 bits per heavy atom. The van der Waals surface area contributed by atoms with Crippen molar-refractivity contribution in [2.24, 2.45) is 0 Å². The van der Waals surface area contributed by atoms with Crippen LogP contribution in [0.1, 0.15) is 56.2 Å². The lowest BCUT2D eigenvalue weighted by molar-refractivity contribution is 0.0600. The molecule has 1 aliphatic rings. The zero-order valence-corrected chi connectivity index (χ0v) is 22.5. The second-order valence-corrected chi connectivity index (χ2v) is 9.93. The Morgan fingerprint density at radius 2 is 1.65 bits per heavy atom. The fourth-order valence-electron chi connectivity index (χ4n) is 5.39. The van der Waals surface area contributed by atoms with E-state index in [0.29, 0.717) is 10.7 Å². The molecule has 0 aliphatic carbocycles. The molecule has 5 rings (SSSR count). The molecular formula is C30H30N4O2S. The van der Waals surface area contributed by atoms with Crippen molar-refractivity contribution in [2.75, 3.05) is 12.0 Å². The van der Waals surface area contributed by atoms with Crippen molar-refractivity contribution in [3.63, 3.8) is 0 Å². The molecule has 0 bridgehead atoms. The molecule has 2 aromatic carbocycles. The van der Waals surface area contributed by atoms with Crippen LogP contribution < -0.4 is 10.2 Å². The van der Waals surface area contributed by atoms with Gasteiger partial charge in [0, 0.05) is 29.0 Å². The first-order chi connectivity index (χ1) is 17.8. The highest BCUT2D eigenvalue weighted by Gasteiger charge is 2.42. The first-order valence-electron chi connectivity index (χ1n) is 12.2. The van der Waals surface area contributed by atoms with E-state index >= 15 is 0 Å². The summed E-state index contributed by atoms with van der Waals surface area (Å²) in [7, 11) is 1.39. The van der Waals surface area contributed by atoms with Crippen LogP contribution in [0.25, 0.3) is 5.69 Å². The van der Waals surface area contributed by atoms with Gasteiger partial charge in [0.1, 0.15) is 0 Å². The summed E-state index contributed by atoms with van der Waals surface area (Å²) in [4.78, 5) is 18.8. The van der Waals surface area contributed by atoms with Gasteiger partial charge in [-0.05, 0) is 111 Å². The lowest BCUT2D eigenvalue weighted by Gasteiger charge is -2.29. The number of nitrogens with one attached hydrogen (secondary N) is 1. The summed E-state index contributed by atoms with van der Waals surface area (Å²) in [5, 5.41) is 4.24. The van der Waals surface area contributed by atoms with Crippen molar-refractivity contribution >= 4 is 29.0 Å². The largest absolute Gasteiger partial charge is 0.465 e. The molecule has 0 saturated carbocycles. The van der Waals surface area contributed by atoms with Gasteiger partial charge in [-0.1, -0.05) is 12.1 Å². The third-order valence-corrected chi connectivity index (χ3v) is 7.23. The Hall–Kier alpha value is -3.97. The molecule has 0 spiro atoms. The minimum atomic E-state index is -0.346. The van der Waals surface area contributed by atoms with Gasteiger partial charge in [-0.3, -0.25) is 4.98 Å². The summed E-state index contributed by atoms with van der Waals surface area (Å²) >= 11 is 5.93. The minimum absolute atomic E-state index is 0.0992. The van der Waals surface area contributed by atoms with E-state index in [1.807, 2.05) is 36.5 Å². The first-order valence-corrected chi connectivity index (χ1v) is 12.7. The normalized spacial score (nSPS) is 17.1. The van der Waals surface area contributed by atoms with Crippen LogP contribution in [0.15, 0.2) is 72.9 Å². The van der Waals surface area contributed by atoms with Crippen molar-refractivity contribution in [2.45, 2.75) is 39.8 Å². The van der Waals surface area contributed by atoms with Gasteiger partial charge in [-0.15, -0.1) is 0 Å². The molecule has 7 heteroatoms. The van der Waals surface area contributed by atoms with Crippen LogP contribution in [0.3, 0.4) is 0 Å². The fourth-order valence-corrected chi connectivity index (χ4v) is 5.73. The summed E-state index contributed by atoms with van der Waals surface area (Å²) in [6.45, 7) is 8.45. The number of hydrogen-bond donors (Lipinski definition) is 1. The predicted molar refractivity (Wildman–Crippen MR) is 150 cm³/mol. The van der Waals surface area contributed by atoms with Gasteiger partial charge >= 0.3 is 5.97 Å². The Bertz CT molecular complexity index is 1460. The minimum Gasteiger partial charge on any atom is -0.465 e.